The molecule has 0 fully saturated rings. The summed E-state index contributed by atoms with van der Waals surface area (Å²) in [5.74, 6) is -1.01. The second-order valence-electron chi connectivity index (χ2n) is 5.79. The number of alkyl halides is 3. The van der Waals surface area contributed by atoms with Gasteiger partial charge in [-0.05, 0) is 42.5 Å². The zero-order valence-electron chi connectivity index (χ0n) is 14.3. The molecule has 0 atom stereocenters. The van der Waals surface area contributed by atoms with Crippen molar-refractivity contribution in [2.75, 3.05) is 11.9 Å². The van der Waals surface area contributed by atoms with Gasteiger partial charge in [0.2, 0.25) is 5.91 Å². The summed E-state index contributed by atoms with van der Waals surface area (Å²) in [6, 6.07) is 10.9. The molecule has 0 saturated carbocycles. The van der Waals surface area contributed by atoms with Crippen LogP contribution in [-0.2, 0) is 11.0 Å². The van der Waals surface area contributed by atoms with E-state index in [1.807, 2.05) is 0 Å². The Balaban J connectivity index is 1.73. The monoisotopic (exact) mass is 389 g/mol. The maximum atomic E-state index is 13.1. The first-order valence-electron chi connectivity index (χ1n) is 8.03. The number of ether oxygens (including phenoxy) is 1. The standard InChI is InChI=1S/C19H14F3N3O3/c20-19(21,22)14-3-1-2-13-15(8-9-24-17(13)14)28-10-16(26)25-12-6-4-11(5-7-12)18(23)27/h1-9H,10H2,(H2,23,27)(H,25,26). The lowest BCUT2D eigenvalue weighted by Gasteiger charge is -2.13. The number of nitrogens with zero attached hydrogens (tertiary/aromatic N) is 1. The second kappa shape index (κ2) is 7.55. The normalized spacial score (nSPS) is 11.2. The molecule has 0 unspecified atom stereocenters. The third-order valence-electron chi connectivity index (χ3n) is 3.85. The first kappa shape index (κ1) is 19.2. The van der Waals surface area contributed by atoms with E-state index in [1.165, 1.54) is 48.7 Å². The Hall–Kier alpha value is -3.62. The van der Waals surface area contributed by atoms with Gasteiger partial charge in [-0.15, -0.1) is 0 Å². The molecule has 0 radical (unpaired) electrons. The number of aromatic nitrogens is 1. The number of rotatable bonds is 5. The molecule has 1 heterocycles. The number of anilines is 1. The number of hydrogen-bond donors (Lipinski definition) is 2. The van der Waals surface area contributed by atoms with Crippen molar-refractivity contribution < 1.29 is 27.5 Å². The zero-order valence-corrected chi connectivity index (χ0v) is 14.3. The van der Waals surface area contributed by atoms with Crippen molar-refractivity contribution in [2.45, 2.75) is 6.18 Å². The van der Waals surface area contributed by atoms with Crippen LogP contribution >= 0.6 is 0 Å². The van der Waals surface area contributed by atoms with Crippen molar-refractivity contribution in [3.63, 3.8) is 0 Å². The van der Waals surface area contributed by atoms with Crippen LogP contribution in [0.5, 0.6) is 5.75 Å². The van der Waals surface area contributed by atoms with E-state index in [1.54, 1.807) is 0 Å². The Bertz CT molecular complexity index is 1030. The summed E-state index contributed by atoms with van der Waals surface area (Å²) < 4.78 is 44.7. The number of fused-ring (bicyclic) bond motifs is 1. The van der Waals surface area contributed by atoms with Gasteiger partial charge in [0.1, 0.15) is 5.75 Å². The smallest absolute Gasteiger partial charge is 0.418 e. The van der Waals surface area contributed by atoms with Gasteiger partial charge < -0.3 is 15.8 Å². The molecule has 0 saturated heterocycles. The summed E-state index contributed by atoms with van der Waals surface area (Å²) in [6.45, 7) is -0.424. The molecule has 144 valence electrons. The predicted molar refractivity (Wildman–Crippen MR) is 95.8 cm³/mol. The van der Waals surface area contributed by atoms with E-state index in [4.69, 9.17) is 10.5 Å². The highest BCUT2D eigenvalue weighted by atomic mass is 19.4. The molecule has 0 aliphatic heterocycles. The van der Waals surface area contributed by atoms with Crippen LogP contribution in [0, 0.1) is 0 Å². The maximum absolute atomic E-state index is 13.1. The lowest BCUT2D eigenvalue weighted by atomic mass is 10.1. The largest absolute Gasteiger partial charge is 0.483 e. The quantitative estimate of drug-likeness (QED) is 0.700. The first-order chi connectivity index (χ1) is 13.3. The number of benzene rings is 2. The SMILES string of the molecule is NC(=O)c1ccc(NC(=O)COc2ccnc3c(C(F)(F)F)cccc23)cc1. The van der Waals surface area contributed by atoms with Crippen LogP contribution in [0.4, 0.5) is 18.9 Å². The van der Waals surface area contributed by atoms with Gasteiger partial charge >= 0.3 is 6.18 Å². The van der Waals surface area contributed by atoms with Crippen molar-refractivity contribution in [2.24, 2.45) is 5.73 Å². The van der Waals surface area contributed by atoms with Crippen LogP contribution in [-0.4, -0.2) is 23.4 Å². The number of carbonyl (C=O) groups excluding carboxylic acids is 2. The molecule has 28 heavy (non-hydrogen) atoms. The average Bonchev–Trinajstić information content (AvgIpc) is 2.65. The van der Waals surface area contributed by atoms with Crippen molar-refractivity contribution in [3.05, 3.63) is 65.9 Å². The lowest BCUT2D eigenvalue weighted by Crippen LogP contribution is -2.20. The summed E-state index contributed by atoms with van der Waals surface area (Å²) in [7, 11) is 0. The highest BCUT2D eigenvalue weighted by Crippen LogP contribution is 2.36. The van der Waals surface area contributed by atoms with Crippen LogP contribution in [0.15, 0.2) is 54.7 Å². The fourth-order valence-electron chi connectivity index (χ4n) is 2.56. The number of carbonyl (C=O) groups is 2. The third-order valence-corrected chi connectivity index (χ3v) is 3.85. The second-order valence-corrected chi connectivity index (χ2v) is 5.79. The summed E-state index contributed by atoms with van der Waals surface area (Å²) in [6.07, 6.45) is -3.37. The number of para-hydroxylation sites is 1. The van der Waals surface area contributed by atoms with E-state index in [0.29, 0.717) is 5.69 Å². The Kier molecular flexibility index (Phi) is 5.16. The number of pyridine rings is 1. The average molecular weight is 389 g/mol. The van der Waals surface area contributed by atoms with Gasteiger partial charge in [-0.1, -0.05) is 6.07 Å². The van der Waals surface area contributed by atoms with Gasteiger partial charge in [-0.25, -0.2) is 0 Å². The Morgan fingerprint density at radius 2 is 1.79 bits per heavy atom. The van der Waals surface area contributed by atoms with Gasteiger partial charge in [0.15, 0.2) is 6.61 Å². The molecule has 2 amide bonds. The molecule has 6 nitrogen and oxygen atoms in total. The van der Waals surface area contributed by atoms with Crippen LogP contribution < -0.4 is 15.8 Å². The van der Waals surface area contributed by atoms with Gasteiger partial charge in [0.05, 0.1) is 11.1 Å². The minimum absolute atomic E-state index is 0.107. The fraction of sp³-hybridized carbons (Fsp3) is 0.105. The minimum atomic E-state index is -4.56. The summed E-state index contributed by atoms with van der Waals surface area (Å²) in [5, 5.41) is 2.70. The number of halogens is 3. The fourth-order valence-corrected chi connectivity index (χ4v) is 2.56. The minimum Gasteiger partial charge on any atom is -0.483 e. The summed E-state index contributed by atoms with van der Waals surface area (Å²) >= 11 is 0. The zero-order chi connectivity index (χ0) is 20.3. The molecular weight excluding hydrogens is 375 g/mol. The van der Waals surface area contributed by atoms with E-state index in [2.05, 4.69) is 10.3 Å². The van der Waals surface area contributed by atoms with Gasteiger partial charge in [-0.3, -0.25) is 14.6 Å². The van der Waals surface area contributed by atoms with Gasteiger partial charge in [0, 0.05) is 22.8 Å². The molecule has 0 aliphatic rings. The molecule has 3 aromatic rings. The third kappa shape index (κ3) is 4.20. The van der Waals surface area contributed by atoms with Crippen molar-refractivity contribution in [1.82, 2.24) is 4.98 Å². The summed E-state index contributed by atoms with van der Waals surface area (Å²) in [4.78, 5) is 26.9. The molecule has 0 aliphatic carbocycles. The molecule has 3 rings (SSSR count). The molecule has 3 N–H and O–H groups in total. The lowest BCUT2D eigenvalue weighted by molar-refractivity contribution is -0.136. The van der Waals surface area contributed by atoms with Crippen LogP contribution in [0.1, 0.15) is 15.9 Å². The Labute approximate surface area is 157 Å². The van der Waals surface area contributed by atoms with Crippen molar-refractivity contribution in [1.29, 1.82) is 0 Å². The van der Waals surface area contributed by atoms with E-state index in [9.17, 15) is 22.8 Å². The van der Waals surface area contributed by atoms with Crippen molar-refractivity contribution in [3.8, 4) is 5.75 Å². The van der Waals surface area contributed by atoms with Crippen LogP contribution in [0.25, 0.3) is 10.9 Å². The number of nitrogens with one attached hydrogen (secondary N) is 1. The van der Waals surface area contributed by atoms with Crippen molar-refractivity contribution >= 4 is 28.4 Å². The van der Waals surface area contributed by atoms with E-state index in [-0.39, 0.29) is 22.2 Å². The highest BCUT2D eigenvalue weighted by molar-refractivity contribution is 5.95. The summed E-state index contributed by atoms with van der Waals surface area (Å²) in [5.41, 5.74) is 4.71. The molecule has 0 bridgehead atoms. The molecular formula is C19H14F3N3O3. The molecule has 2 aromatic carbocycles. The van der Waals surface area contributed by atoms with Crippen LogP contribution in [0.2, 0.25) is 0 Å². The Morgan fingerprint density at radius 1 is 1.07 bits per heavy atom. The molecule has 0 spiro atoms. The van der Waals surface area contributed by atoms with Crippen LogP contribution in [0.3, 0.4) is 0 Å². The van der Waals surface area contributed by atoms with E-state index in [0.717, 1.165) is 6.07 Å². The van der Waals surface area contributed by atoms with Gasteiger partial charge in [-0.2, -0.15) is 13.2 Å². The maximum Gasteiger partial charge on any atom is 0.418 e. The molecule has 1 aromatic heterocycles. The van der Waals surface area contributed by atoms with E-state index >= 15 is 0 Å². The molecule has 9 heteroatoms. The van der Waals surface area contributed by atoms with Gasteiger partial charge in [0.25, 0.3) is 5.91 Å². The van der Waals surface area contributed by atoms with E-state index < -0.39 is 30.2 Å². The number of hydrogen-bond acceptors (Lipinski definition) is 4. The predicted octanol–water partition coefficient (Wildman–Crippen LogP) is 3.37. The topological polar surface area (TPSA) is 94.3 Å². The Morgan fingerprint density at radius 3 is 2.43 bits per heavy atom. The number of amides is 2. The highest BCUT2D eigenvalue weighted by Gasteiger charge is 2.33. The number of primary amides is 1. The first-order valence-corrected chi connectivity index (χ1v) is 8.03. The number of nitrogens with two attached hydrogens (primary N) is 1.